The lowest BCUT2D eigenvalue weighted by Gasteiger charge is -2.35. The Bertz CT molecular complexity index is 1320. The van der Waals surface area contributed by atoms with Crippen LogP contribution in [0.4, 0.5) is 0 Å². The summed E-state index contributed by atoms with van der Waals surface area (Å²) in [7, 11) is -3.81. The predicted octanol–water partition coefficient (Wildman–Crippen LogP) is 6.57. The van der Waals surface area contributed by atoms with Crippen LogP contribution < -0.4 is 5.73 Å². The molecule has 1 fully saturated rings. The van der Waals surface area contributed by atoms with Crippen molar-refractivity contribution in [2.24, 2.45) is 17.6 Å². The topological polar surface area (TPSA) is 80.5 Å². The molecule has 0 heterocycles. The highest BCUT2D eigenvalue weighted by molar-refractivity contribution is 7.89. The van der Waals surface area contributed by atoms with Crippen molar-refractivity contribution >= 4 is 39.1 Å². The third-order valence-corrected chi connectivity index (χ3v) is 9.84. The average molecular weight is 560 g/mol. The number of aryl methyl sites for hydroxylation is 1. The van der Waals surface area contributed by atoms with Gasteiger partial charge in [-0.05, 0) is 73.8 Å². The summed E-state index contributed by atoms with van der Waals surface area (Å²) in [5.41, 5.74) is 8.84. The summed E-state index contributed by atoms with van der Waals surface area (Å²) in [4.78, 5) is 12.5. The fourth-order valence-corrected chi connectivity index (χ4v) is 7.15. The first kappa shape index (κ1) is 27.6. The molecule has 1 atom stereocenters. The van der Waals surface area contributed by atoms with Crippen LogP contribution in [-0.4, -0.2) is 25.2 Å². The third-order valence-electron chi connectivity index (χ3n) is 7.30. The molecule has 0 radical (unpaired) electrons. The minimum atomic E-state index is -3.81. The lowest BCUT2D eigenvalue weighted by molar-refractivity contribution is -0.121. The van der Waals surface area contributed by atoms with E-state index in [1.807, 2.05) is 61.5 Å². The zero-order valence-corrected chi connectivity index (χ0v) is 23.1. The SMILES string of the molecule is Cc1ccc(C(C(N)=O)C2CCC(CN(Cc3ccccc3)S(=O)(=O)c3ccc(Cl)c(Cl)c3)CC2)cc1. The predicted molar refractivity (Wildman–Crippen MR) is 149 cm³/mol. The van der Waals surface area contributed by atoms with Crippen LogP contribution in [0.2, 0.25) is 10.0 Å². The number of hydrogen-bond acceptors (Lipinski definition) is 3. The van der Waals surface area contributed by atoms with Crippen molar-refractivity contribution in [3.63, 3.8) is 0 Å². The van der Waals surface area contributed by atoms with E-state index >= 15 is 0 Å². The summed E-state index contributed by atoms with van der Waals surface area (Å²) in [6.45, 7) is 2.66. The average Bonchev–Trinajstić information content (AvgIpc) is 2.88. The van der Waals surface area contributed by atoms with Crippen LogP contribution in [0.15, 0.2) is 77.7 Å². The van der Waals surface area contributed by atoms with E-state index in [1.54, 1.807) is 4.31 Å². The van der Waals surface area contributed by atoms with Gasteiger partial charge < -0.3 is 5.73 Å². The van der Waals surface area contributed by atoms with Gasteiger partial charge in [-0.25, -0.2) is 8.42 Å². The molecule has 1 aliphatic carbocycles. The lowest BCUT2D eigenvalue weighted by Crippen LogP contribution is -2.37. The Morgan fingerprint density at radius 2 is 1.59 bits per heavy atom. The largest absolute Gasteiger partial charge is 0.369 e. The van der Waals surface area contributed by atoms with Crippen LogP contribution in [-0.2, 0) is 21.4 Å². The Balaban J connectivity index is 1.51. The van der Waals surface area contributed by atoms with E-state index in [-0.39, 0.29) is 40.1 Å². The minimum absolute atomic E-state index is 0.125. The molecule has 8 heteroatoms. The molecular formula is C29H32Cl2N2O3S. The molecule has 1 unspecified atom stereocenters. The molecule has 0 aliphatic heterocycles. The number of primary amides is 1. The van der Waals surface area contributed by atoms with Crippen molar-refractivity contribution in [3.05, 3.63) is 99.5 Å². The molecule has 5 nitrogen and oxygen atoms in total. The van der Waals surface area contributed by atoms with Gasteiger partial charge in [-0.2, -0.15) is 4.31 Å². The molecule has 3 aromatic carbocycles. The fourth-order valence-electron chi connectivity index (χ4n) is 5.26. The van der Waals surface area contributed by atoms with E-state index in [0.29, 0.717) is 11.6 Å². The van der Waals surface area contributed by atoms with Gasteiger partial charge in [-0.3, -0.25) is 4.79 Å². The number of carbonyl (C=O) groups is 1. The van der Waals surface area contributed by atoms with Crippen molar-refractivity contribution < 1.29 is 13.2 Å². The second-order valence-electron chi connectivity index (χ2n) is 9.93. The molecule has 3 aromatic rings. The Morgan fingerprint density at radius 3 is 2.19 bits per heavy atom. The van der Waals surface area contributed by atoms with Crippen LogP contribution in [0.1, 0.15) is 48.3 Å². The maximum Gasteiger partial charge on any atom is 0.243 e. The first-order chi connectivity index (χ1) is 17.6. The van der Waals surface area contributed by atoms with Crippen LogP contribution in [0.3, 0.4) is 0 Å². The number of benzene rings is 3. The molecule has 4 rings (SSSR count). The van der Waals surface area contributed by atoms with Crippen LogP contribution in [0.25, 0.3) is 0 Å². The molecule has 0 bridgehead atoms. The Hall–Kier alpha value is -2.38. The van der Waals surface area contributed by atoms with Gasteiger partial charge in [0.2, 0.25) is 15.9 Å². The van der Waals surface area contributed by atoms with Crippen LogP contribution in [0.5, 0.6) is 0 Å². The Morgan fingerprint density at radius 1 is 0.946 bits per heavy atom. The summed E-state index contributed by atoms with van der Waals surface area (Å²) in [5, 5.41) is 0.516. The van der Waals surface area contributed by atoms with Gasteiger partial charge in [0.05, 0.1) is 20.9 Å². The van der Waals surface area contributed by atoms with E-state index in [4.69, 9.17) is 28.9 Å². The smallest absolute Gasteiger partial charge is 0.243 e. The molecule has 1 amide bonds. The molecule has 1 saturated carbocycles. The van der Waals surface area contributed by atoms with E-state index in [2.05, 4.69) is 0 Å². The second kappa shape index (κ2) is 12.0. The number of nitrogens with two attached hydrogens (primary N) is 1. The van der Waals surface area contributed by atoms with E-state index < -0.39 is 10.0 Å². The van der Waals surface area contributed by atoms with Gasteiger partial charge in [-0.1, -0.05) is 83.4 Å². The van der Waals surface area contributed by atoms with Gasteiger partial charge >= 0.3 is 0 Å². The van der Waals surface area contributed by atoms with E-state index in [1.165, 1.54) is 18.2 Å². The van der Waals surface area contributed by atoms with Crippen LogP contribution in [0, 0.1) is 18.8 Å². The first-order valence-electron chi connectivity index (χ1n) is 12.5. The fraction of sp³-hybridized carbons (Fsp3) is 0.345. The highest BCUT2D eigenvalue weighted by Crippen LogP contribution is 2.39. The van der Waals surface area contributed by atoms with E-state index in [0.717, 1.165) is 42.4 Å². The molecule has 37 heavy (non-hydrogen) atoms. The number of amides is 1. The van der Waals surface area contributed by atoms with Gasteiger partial charge in [-0.15, -0.1) is 0 Å². The molecule has 0 saturated heterocycles. The molecule has 196 valence electrons. The molecular weight excluding hydrogens is 527 g/mol. The Labute approximate surface area is 229 Å². The molecule has 1 aliphatic rings. The monoisotopic (exact) mass is 558 g/mol. The van der Waals surface area contributed by atoms with E-state index in [9.17, 15) is 13.2 Å². The van der Waals surface area contributed by atoms with Crippen molar-refractivity contribution in [2.45, 2.75) is 50.0 Å². The van der Waals surface area contributed by atoms with Crippen molar-refractivity contribution in [1.29, 1.82) is 0 Å². The summed E-state index contributed by atoms with van der Waals surface area (Å²) >= 11 is 12.2. The number of carbonyl (C=O) groups excluding carboxylic acids is 1. The normalized spacial score (nSPS) is 19.0. The lowest BCUT2D eigenvalue weighted by atomic mass is 9.73. The molecule has 2 N–H and O–H groups in total. The summed E-state index contributed by atoms with van der Waals surface area (Å²) in [6.07, 6.45) is 3.28. The summed E-state index contributed by atoms with van der Waals surface area (Å²) in [6, 6.07) is 22.0. The third kappa shape index (κ3) is 6.74. The van der Waals surface area contributed by atoms with Crippen molar-refractivity contribution in [2.75, 3.05) is 6.54 Å². The first-order valence-corrected chi connectivity index (χ1v) is 14.7. The van der Waals surface area contributed by atoms with Crippen molar-refractivity contribution in [1.82, 2.24) is 4.31 Å². The standard InChI is InChI=1S/C29H32Cl2N2O3S/c1-20-7-11-23(12-8-20)28(29(32)34)24-13-9-22(10-14-24)19-33(18-21-5-3-2-4-6-21)37(35,36)25-15-16-26(30)27(31)17-25/h2-8,11-12,15-17,22,24,28H,9-10,13-14,18-19H2,1H3,(H2,32,34). The summed E-state index contributed by atoms with van der Waals surface area (Å²) < 4.78 is 29.0. The van der Waals surface area contributed by atoms with Crippen molar-refractivity contribution in [3.8, 4) is 0 Å². The maximum absolute atomic E-state index is 13.7. The second-order valence-corrected chi connectivity index (χ2v) is 12.7. The number of sulfonamides is 1. The highest BCUT2D eigenvalue weighted by atomic mass is 35.5. The van der Waals surface area contributed by atoms with Gasteiger partial charge in [0.15, 0.2) is 0 Å². The molecule has 0 spiro atoms. The number of rotatable bonds is 9. The molecule has 0 aromatic heterocycles. The Kier molecular flexibility index (Phi) is 8.96. The quantitative estimate of drug-likeness (QED) is 0.322. The maximum atomic E-state index is 13.7. The van der Waals surface area contributed by atoms with Crippen LogP contribution >= 0.6 is 23.2 Å². The number of hydrogen-bond donors (Lipinski definition) is 1. The van der Waals surface area contributed by atoms with Gasteiger partial charge in [0.25, 0.3) is 0 Å². The number of halogens is 2. The van der Waals surface area contributed by atoms with Gasteiger partial charge in [0.1, 0.15) is 0 Å². The summed E-state index contributed by atoms with van der Waals surface area (Å²) in [5.74, 6) is -0.322. The zero-order chi connectivity index (χ0) is 26.6. The number of nitrogens with zero attached hydrogens (tertiary/aromatic N) is 1. The van der Waals surface area contributed by atoms with Gasteiger partial charge in [0, 0.05) is 13.1 Å². The zero-order valence-electron chi connectivity index (χ0n) is 20.8. The highest BCUT2D eigenvalue weighted by Gasteiger charge is 2.34. The minimum Gasteiger partial charge on any atom is -0.369 e.